The molecule has 12 aromatic rings. The van der Waals surface area contributed by atoms with Gasteiger partial charge in [0.05, 0.1) is 33.5 Å². The van der Waals surface area contributed by atoms with Gasteiger partial charge >= 0.3 is 0 Å². The first-order chi connectivity index (χ1) is 30.7. The SMILES string of the molecule is CC1(C)CCC(C)(C)c2cc3c(cc21)c1cc2c(cc1n3-c1ccccc1)c1c3ccccc3ccc1n2-c1nc(-c2ccccc2)cc(-c2ccc3sc4ccccc4c3c2)n1. The molecule has 0 aliphatic heterocycles. The van der Waals surface area contributed by atoms with Crippen molar-refractivity contribution in [2.24, 2.45) is 0 Å². The van der Waals surface area contributed by atoms with Gasteiger partial charge in [-0.15, -0.1) is 11.3 Å². The van der Waals surface area contributed by atoms with E-state index in [1.807, 2.05) is 11.3 Å². The van der Waals surface area contributed by atoms with E-state index in [-0.39, 0.29) is 10.8 Å². The zero-order valence-corrected chi connectivity index (χ0v) is 36.6. The van der Waals surface area contributed by atoms with E-state index in [2.05, 4.69) is 207 Å². The van der Waals surface area contributed by atoms with Crippen molar-refractivity contribution in [1.82, 2.24) is 19.1 Å². The predicted molar refractivity (Wildman–Crippen MR) is 267 cm³/mol. The van der Waals surface area contributed by atoms with Crippen molar-refractivity contribution in [2.45, 2.75) is 51.4 Å². The molecule has 1 aliphatic rings. The maximum absolute atomic E-state index is 5.56. The summed E-state index contributed by atoms with van der Waals surface area (Å²) in [5, 5.41) is 9.85. The monoisotopic (exact) mass is 828 g/mol. The first kappa shape index (κ1) is 36.6. The lowest BCUT2D eigenvalue weighted by molar-refractivity contribution is 0.332. The van der Waals surface area contributed by atoms with Gasteiger partial charge in [0.15, 0.2) is 0 Å². The van der Waals surface area contributed by atoms with E-state index < -0.39 is 0 Å². The number of nitrogens with zero attached hydrogens (tertiary/aromatic N) is 4. The number of benzene rings is 8. The van der Waals surface area contributed by atoms with E-state index in [9.17, 15) is 0 Å². The number of fused-ring (bicyclic) bond motifs is 12. The molecule has 0 saturated carbocycles. The average Bonchev–Trinajstić information content (AvgIpc) is 3.96. The van der Waals surface area contributed by atoms with Crippen LogP contribution in [0.15, 0.2) is 170 Å². The first-order valence-corrected chi connectivity index (χ1v) is 22.9. The Morgan fingerprint density at radius 2 is 1.03 bits per heavy atom. The highest BCUT2D eigenvalue weighted by atomic mass is 32.1. The Labute approximate surface area is 369 Å². The molecule has 0 fully saturated rings. The maximum atomic E-state index is 5.56. The fourth-order valence-electron chi connectivity index (χ4n) is 10.8. The van der Waals surface area contributed by atoms with Gasteiger partial charge in [-0.25, -0.2) is 9.97 Å². The zero-order chi connectivity index (χ0) is 42.2. The Morgan fingerprint density at radius 3 is 1.83 bits per heavy atom. The second-order valence-electron chi connectivity index (χ2n) is 18.9. The molecule has 0 amide bonds. The van der Waals surface area contributed by atoms with Crippen molar-refractivity contribution < 1.29 is 0 Å². The van der Waals surface area contributed by atoms with Crippen LogP contribution in [0.3, 0.4) is 0 Å². The molecule has 4 aromatic heterocycles. The van der Waals surface area contributed by atoms with Crippen LogP contribution in [0.25, 0.3) is 109 Å². The van der Waals surface area contributed by atoms with E-state index in [0.29, 0.717) is 5.95 Å². The molecule has 1 aliphatic carbocycles. The van der Waals surface area contributed by atoms with Crippen molar-refractivity contribution in [3.8, 4) is 34.2 Å². The van der Waals surface area contributed by atoms with Crippen LogP contribution in [0, 0.1) is 0 Å². The van der Waals surface area contributed by atoms with Crippen LogP contribution in [0.1, 0.15) is 51.7 Å². The van der Waals surface area contributed by atoms with Crippen LogP contribution >= 0.6 is 11.3 Å². The van der Waals surface area contributed by atoms with Gasteiger partial charge < -0.3 is 4.57 Å². The third-order valence-electron chi connectivity index (χ3n) is 14.2. The minimum atomic E-state index is 0.0680. The Bertz CT molecular complexity index is 3850. The van der Waals surface area contributed by atoms with Crippen LogP contribution < -0.4 is 0 Å². The van der Waals surface area contributed by atoms with Crippen molar-refractivity contribution in [1.29, 1.82) is 0 Å². The molecule has 13 rings (SSSR count). The van der Waals surface area contributed by atoms with Gasteiger partial charge in [-0.2, -0.15) is 0 Å². The first-order valence-electron chi connectivity index (χ1n) is 22.1. The molecule has 0 N–H and O–H groups in total. The summed E-state index contributed by atoms with van der Waals surface area (Å²) < 4.78 is 7.41. The molecular formula is C58H44N4S. The number of thiophene rings is 1. The molecule has 302 valence electrons. The summed E-state index contributed by atoms with van der Waals surface area (Å²) in [4.78, 5) is 11.1. The van der Waals surface area contributed by atoms with Crippen LogP contribution in [-0.2, 0) is 10.8 Å². The van der Waals surface area contributed by atoms with Crippen LogP contribution in [0.2, 0.25) is 0 Å². The van der Waals surface area contributed by atoms with Gasteiger partial charge in [0.1, 0.15) is 0 Å². The Hall–Kier alpha value is -7.08. The number of hydrogen-bond donors (Lipinski definition) is 0. The van der Waals surface area contributed by atoms with Gasteiger partial charge in [0.2, 0.25) is 5.95 Å². The highest BCUT2D eigenvalue weighted by Crippen LogP contribution is 2.50. The smallest absolute Gasteiger partial charge is 0.235 e. The predicted octanol–water partition coefficient (Wildman–Crippen LogP) is 15.9. The molecule has 63 heavy (non-hydrogen) atoms. The molecule has 8 aromatic carbocycles. The number of aromatic nitrogens is 4. The summed E-state index contributed by atoms with van der Waals surface area (Å²) in [6, 6.07) is 62.4. The van der Waals surface area contributed by atoms with E-state index in [1.165, 1.54) is 81.1 Å². The third-order valence-corrected chi connectivity index (χ3v) is 15.3. The highest BCUT2D eigenvalue weighted by molar-refractivity contribution is 7.25. The molecule has 0 unspecified atom stereocenters. The van der Waals surface area contributed by atoms with Gasteiger partial charge in [-0.05, 0) is 112 Å². The normalized spacial score (nSPS) is 14.8. The number of hydrogen-bond acceptors (Lipinski definition) is 3. The number of para-hydroxylation sites is 1. The van der Waals surface area contributed by atoms with Gasteiger partial charge in [-0.3, -0.25) is 4.57 Å². The van der Waals surface area contributed by atoms with Gasteiger partial charge in [-0.1, -0.05) is 131 Å². The summed E-state index contributed by atoms with van der Waals surface area (Å²) in [5.74, 6) is 0.656. The fourth-order valence-corrected chi connectivity index (χ4v) is 11.8. The molecule has 0 saturated heterocycles. The van der Waals surface area contributed by atoms with Gasteiger partial charge in [0, 0.05) is 58.5 Å². The molecule has 0 bridgehead atoms. The Morgan fingerprint density at radius 1 is 0.429 bits per heavy atom. The van der Waals surface area contributed by atoms with Crippen molar-refractivity contribution in [3.63, 3.8) is 0 Å². The van der Waals surface area contributed by atoms with E-state index in [4.69, 9.17) is 9.97 Å². The Balaban J connectivity index is 1.16. The minimum Gasteiger partial charge on any atom is -0.309 e. The van der Waals surface area contributed by atoms with Crippen LogP contribution in [0.5, 0.6) is 0 Å². The molecule has 5 heteroatoms. The lowest BCUT2D eigenvalue weighted by Gasteiger charge is -2.42. The Kier molecular flexibility index (Phi) is 7.67. The largest absolute Gasteiger partial charge is 0.309 e. The lowest BCUT2D eigenvalue weighted by atomic mass is 9.63. The van der Waals surface area contributed by atoms with Crippen LogP contribution in [-0.4, -0.2) is 19.1 Å². The van der Waals surface area contributed by atoms with Crippen molar-refractivity contribution >= 4 is 85.9 Å². The van der Waals surface area contributed by atoms with Crippen molar-refractivity contribution in [2.75, 3.05) is 0 Å². The quantitative estimate of drug-likeness (QED) is 0.177. The second-order valence-corrected chi connectivity index (χ2v) is 20.0. The highest BCUT2D eigenvalue weighted by Gasteiger charge is 2.38. The second kappa shape index (κ2) is 13.2. The average molecular weight is 829 g/mol. The van der Waals surface area contributed by atoms with E-state index >= 15 is 0 Å². The lowest BCUT2D eigenvalue weighted by Crippen LogP contribution is -2.33. The van der Waals surface area contributed by atoms with Crippen molar-refractivity contribution in [3.05, 3.63) is 181 Å². The molecule has 0 spiro atoms. The summed E-state index contributed by atoms with van der Waals surface area (Å²) in [5.41, 5.74) is 12.8. The van der Waals surface area contributed by atoms with E-state index in [1.54, 1.807) is 0 Å². The molecular weight excluding hydrogens is 785 g/mol. The number of rotatable bonds is 4. The van der Waals surface area contributed by atoms with Crippen LogP contribution in [0.4, 0.5) is 0 Å². The minimum absolute atomic E-state index is 0.0680. The zero-order valence-electron chi connectivity index (χ0n) is 35.8. The molecule has 4 nitrogen and oxygen atoms in total. The molecule has 4 heterocycles. The summed E-state index contributed by atoms with van der Waals surface area (Å²) in [6.07, 6.45) is 2.33. The third kappa shape index (κ3) is 5.45. The summed E-state index contributed by atoms with van der Waals surface area (Å²) in [7, 11) is 0. The maximum Gasteiger partial charge on any atom is 0.235 e. The molecule has 0 atom stereocenters. The van der Waals surface area contributed by atoms with E-state index in [0.717, 1.165) is 45.7 Å². The topological polar surface area (TPSA) is 35.6 Å². The fraction of sp³-hybridized carbons (Fsp3) is 0.138. The van der Waals surface area contributed by atoms with Gasteiger partial charge in [0.25, 0.3) is 0 Å². The molecule has 0 radical (unpaired) electrons. The summed E-state index contributed by atoms with van der Waals surface area (Å²) >= 11 is 1.84. The summed E-state index contributed by atoms with van der Waals surface area (Å²) in [6.45, 7) is 9.71. The standard InChI is InChI=1S/C58H44N4S/c1-57(2)27-28-58(3,4)46-33-52-41(30-45(46)57)42-31-51-44(32-50(42)61(52)38-18-9-6-10-19-38)55-39-20-12-11-15-35(39)23-25-49(55)62(51)56-59-47(36-16-7-5-8-17-36)34-48(60-56)37-24-26-54-43(29-37)40-21-13-14-22-53(40)63-54/h5-26,29-34H,27-28H2,1-4H3.